The summed E-state index contributed by atoms with van der Waals surface area (Å²) in [5.41, 5.74) is 0. The number of hydrogen-bond donors (Lipinski definition) is 1. The SMILES string of the molecule is COc1ccc(OC2NC2C(C)C)cc1. The summed E-state index contributed by atoms with van der Waals surface area (Å²) in [5, 5.41) is 3.29. The highest BCUT2D eigenvalue weighted by Gasteiger charge is 2.40. The van der Waals surface area contributed by atoms with Crippen molar-refractivity contribution in [3.63, 3.8) is 0 Å². The standard InChI is InChI=1S/C12H17NO2/c1-8(2)11-12(13-11)15-10-6-4-9(14-3)5-7-10/h4-8,11-13H,1-3H3. The van der Waals surface area contributed by atoms with Crippen LogP contribution in [0.15, 0.2) is 24.3 Å². The number of rotatable bonds is 4. The maximum Gasteiger partial charge on any atom is 0.166 e. The van der Waals surface area contributed by atoms with Gasteiger partial charge in [-0.1, -0.05) is 13.8 Å². The van der Waals surface area contributed by atoms with E-state index < -0.39 is 0 Å². The molecule has 1 aliphatic rings. The van der Waals surface area contributed by atoms with Crippen molar-refractivity contribution in [3.05, 3.63) is 24.3 Å². The van der Waals surface area contributed by atoms with Crippen LogP contribution in [0.1, 0.15) is 13.8 Å². The van der Waals surface area contributed by atoms with Crippen LogP contribution in [0.4, 0.5) is 0 Å². The Hall–Kier alpha value is -1.22. The van der Waals surface area contributed by atoms with Crippen LogP contribution in [0.3, 0.4) is 0 Å². The molecule has 1 fully saturated rings. The first-order chi connectivity index (χ1) is 7.20. The van der Waals surface area contributed by atoms with Gasteiger partial charge in [-0.3, -0.25) is 5.32 Å². The van der Waals surface area contributed by atoms with Gasteiger partial charge in [0.15, 0.2) is 6.23 Å². The number of nitrogens with one attached hydrogen (secondary N) is 1. The average Bonchev–Trinajstić information content (AvgIpc) is 2.98. The topological polar surface area (TPSA) is 40.4 Å². The van der Waals surface area contributed by atoms with E-state index in [2.05, 4.69) is 19.2 Å². The lowest BCUT2D eigenvalue weighted by molar-refractivity contribution is 0.280. The van der Waals surface area contributed by atoms with Crippen LogP contribution < -0.4 is 14.8 Å². The molecule has 3 nitrogen and oxygen atoms in total. The van der Waals surface area contributed by atoms with E-state index in [1.165, 1.54) is 0 Å². The number of hydrogen-bond acceptors (Lipinski definition) is 3. The predicted octanol–water partition coefficient (Wildman–Crippen LogP) is 2.03. The number of methoxy groups -OCH3 is 1. The molecule has 1 aromatic carbocycles. The van der Waals surface area contributed by atoms with E-state index in [1.807, 2.05) is 24.3 Å². The molecule has 0 aromatic heterocycles. The Bertz CT molecular complexity index is 321. The average molecular weight is 207 g/mol. The van der Waals surface area contributed by atoms with Crippen molar-refractivity contribution in [2.24, 2.45) is 5.92 Å². The molecule has 0 amide bonds. The first kappa shape index (κ1) is 10.3. The minimum absolute atomic E-state index is 0.179. The summed E-state index contributed by atoms with van der Waals surface area (Å²) in [6.07, 6.45) is 0.179. The fourth-order valence-corrected chi connectivity index (χ4v) is 1.58. The van der Waals surface area contributed by atoms with E-state index in [4.69, 9.17) is 9.47 Å². The summed E-state index contributed by atoms with van der Waals surface area (Å²) in [4.78, 5) is 0. The summed E-state index contributed by atoms with van der Waals surface area (Å²) < 4.78 is 10.8. The van der Waals surface area contributed by atoms with Crippen LogP contribution in [0.2, 0.25) is 0 Å². The lowest BCUT2D eigenvalue weighted by Crippen LogP contribution is -2.08. The molecule has 2 unspecified atom stereocenters. The molecule has 1 heterocycles. The van der Waals surface area contributed by atoms with Gasteiger partial charge in [0.1, 0.15) is 11.5 Å². The second kappa shape index (κ2) is 4.11. The van der Waals surface area contributed by atoms with Gasteiger partial charge >= 0.3 is 0 Å². The first-order valence-corrected chi connectivity index (χ1v) is 5.27. The Morgan fingerprint density at radius 3 is 2.20 bits per heavy atom. The first-order valence-electron chi connectivity index (χ1n) is 5.27. The second-order valence-electron chi connectivity index (χ2n) is 4.15. The quantitative estimate of drug-likeness (QED) is 0.768. The van der Waals surface area contributed by atoms with Gasteiger partial charge in [-0.05, 0) is 30.2 Å². The molecule has 0 spiro atoms. The Morgan fingerprint density at radius 1 is 1.13 bits per heavy atom. The zero-order valence-corrected chi connectivity index (χ0v) is 9.36. The molecule has 2 atom stereocenters. The van der Waals surface area contributed by atoms with Crippen molar-refractivity contribution in [1.82, 2.24) is 5.32 Å². The number of benzene rings is 1. The Morgan fingerprint density at radius 2 is 1.73 bits per heavy atom. The highest BCUT2D eigenvalue weighted by Crippen LogP contribution is 2.25. The van der Waals surface area contributed by atoms with Crippen molar-refractivity contribution in [3.8, 4) is 11.5 Å². The third kappa shape index (κ3) is 2.42. The molecular formula is C12H17NO2. The highest BCUT2D eigenvalue weighted by molar-refractivity contribution is 5.31. The third-order valence-corrected chi connectivity index (χ3v) is 2.61. The maximum absolute atomic E-state index is 5.73. The van der Waals surface area contributed by atoms with E-state index in [0.717, 1.165) is 11.5 Å². The molecule has 0 bridgehead atoms. The third-order valence-electron chi connectivity index (χ3n) is 2.61. The van der Waals surface area contributed by atoms with Crippen molar-refractivity contribution in [1.29, 1.82) is 0 Å². The number of ether oxygens (including phenoxy) is 2. The van der Waals surface area contributed by atoms with Gasteiger partial charge in [0, 0.05) is 0 Å². The highest BCUT2D eigenvalue weighted by atomic mass is 16.5. The Kier molecular flexibility index (Phi) is 2.82. The van der Waals surface area contributed by atoms with Crippen molar-refractivity contribution >= 4 is 0 Å². The molecule has 1 aromatic rings. The van der Waals surface area contributed by atoms with E-state index in [0.29, 0.717) is 12.0 Å². The van der Waals surface area contributed by atoms with Crippen LogP contribution in [-0.2, 0) is 0 Å². The largest absolute Gasteiger partial charge is 0.497 e. The zero-order chi connectivity index (χ0) is 10.8. The maximum atomic E-state index is 5.73. The lowest BCUT2D eigenvalue weighted by Gasteiger charge is -2.06. The van der Waals surface area contributed by atoms with Crippen LogP contribution in [-0.4, -0.2) is 19.4 Å². The fraction of sp³-hybridized carbons (Fsp3) is 0.500. The lowest BCUT2D eigenvalue weighted by atomic mass is 10.1. The molecule has 82 valence electrons. The normalized spacial score (nSPS) is 24.0. The van der Waals surface area contributed by atoms with Gasteiger partial charge in [-0.2, -0.15) is 0 Å². The van der Waals surface area contributed by atoms with Gasteiger partial charge < -0.3 is 9.47 Å². The van der Waals surface area contributed by atoms with Crippen LogP contribution in [0, 0.1) is 5.92 Å². The van der Waals surface area contributed by atoms with Gasteiger partial charge in [0.25, 0.3) is 0 Å². The van der Waals surface area contributed by atoms with Crippen molar-refractivity contribution in [2.75, 3.05) is 7.11 Å². The van der Waals surface area contributed by atoms with E-state index >= 15 is 0 Å². The smallest absolute Gasteiger partial charge is 0.166 e. The minimum Gasteiger partial charge on any atom is -0.497 e. The van der Waals surface area contributed by atoms with Crippen LogP contribution in [0.25, 0.3) is 0 Å². The molecule has 0 radical (unpaired) electrons. The zero-order valence-electron chi connectivity index (χ0n) is 9.36. The monoisotopic (exact) mass is 207 g/mol. The molecular weight excluding hydrogens is 190 g/mol. The molecule has 1 aliphatic heterocycles. The summed E-state index contributed by atoms with van der Waals surface area (Å²) in [7, 11) is 1.66. The van der Waals surface area contributed by atoms with Gasteiger partial charge in [-0.25, -0.2) is 0 Å². The van der Waals surface area contributed by atoms with Gasteiger partial charge in [0.2, 0.25) is 0 Å². The van der Waals surface area contributed by atoms with Crippen molar-refractivity contribution in [2.45, 2.75) is 26.1 Å². The van der Waals surface area contributed by atoms with E-state index in [1.54, 1.807) is 7.11 Å². The molecule has 0 saturated carbocycles. The molecule has 2 rings (SSSR count). The molecule has 0 aliphatic carbocycles. The van der Waals surface area contributed by atoms with Crippen molar-refractivity contribution < 1.29 is 9.47 Å². The fourth-order valence-electron chi connectivity index (χ4n) is 1.58. The Balaban J connectivity index is 1.90. The summed E-state index contributed by atoms with van der Waals surface area (Å²) in [6.45, 7) is 4.38. The van der Waals surface area contributed by atoms with E-state index in [9.17, 15) is 0 Å². The van der Waals surface area contributed by atoms with Gasteiger partial charge in [-0.15, -0.1) is 0 Å². The molecule has 1 N–H and O–H groups in total. The molecule has 3 heteroatoms. The summed E-state index contributed by atoms with van der Waals surface area (Å²) >= 11 is 0. The summed E-state index contributed by atoms with van der Waals surface area (Å²) in [5.74, 6) is 2.36. The van der Waals surface area contributed by atoms with Crippen LogP contribution in [0.5, 0.6) is 11.5 Å². The molecule has 15 heavy (non-hydrogen) atoms. The second-order valence-corrected chi connectivity index (χ2v) is 4.15. The predicted molar refractivity (Wildman–Crippen MR) is 59.2 cm³/mol. The molecule has 1 saturated heterocycles. The van der Waals surface area contributed by atoms with Crippen LogP contribution >= 0.6 is 0 Å². The van der Waals surface area contributed by atoms with E-state index in [-0.39, 0.29) is 6.23 Å². The Labute approximate surface area is 90.4 Å². The minimum atomic E-state index is 0.179. The van der Waals surface area contributed by atoms with Gasteiger partial charge in [0.05, 0.1) is 13.2 Å². The summed E-state index contributed by atoms with van der Waals surface area (Å²) in [6, 6.07) is 8.16.